The molecule has 0 bridgehead atoms. The van der Waals surface area contributed by atoms with Crippen molar-refractivity contribution in [2.75, 3.05) is 13.2 Å². The Kier molecular flexibility index (Phi) is 12.6. The average molecular weight is 552 g/mol. The summed E-state index contributed by atoms with van der Waals surface area (Å²) in [5.41, 5.74) is 2.02. The van der Waals surface area contributed by atoms with Crippen molar-refractivity contribution in [3.05, 3.63) is 71.8 Å². The van der Waals surface area contributed by atoms with Crippen LogP contribution in [-0.4, -0.2) is 60.3 Å². The Hall–Kier alpha value is -3.23. The third-order valence-electron chi connectivity index (χ3n) is 7.73. The second-order valence-electron chi connectivity index (χ2n) is 11.0. The highest BCUT2D eigenvalue weighted by molar-refractivity contribution is 5.87. The van der Waals surface area contributed by atoms with Crippen molar-refractivity contribution in [2.24, 2.45) is 11.8 Å². The van der Waals surface area contributed by atoms with E-state index < -0.39 is 24.2 Å². The van der Waals surface area contributed by atoms with Crippen LogP contribution in [0.2, 0.25) is 0 Å². The predicted octanol–water partition coefficient (Wildman–Crippen LogP) is 3.17. The molecule has 0 unspecified atom stereocenters. The number of benzene rings is 2. The number of hydrogen-bond acceptors (Lipinski definition) is 5. The van der Waals surface area contributed by atoms with Crippen molar-refractivity contribution < 1.29 is 24.2 Å². The minimum Gasteiger partial charge on any atom is -0.391 e. The first kappa shape index (κ1) is 31.3. The Morgan fingerprint density at radius 2 is 1.48 bits per heavy atom. The monoisotopic (exact) mass is 551 g/mol. The van der Waals surface area contributed by atoms with Gasteiger partial charge in [0.25, 0.3) is 0 Å². The number of aliphatic hydroxyl groups is 1. The molecular weight excluding hydrogens is 506 g/mol. The molecule has 1 saturated heterocycles. The van der Waals surface area contributed by atoms with Gasteiger partial charge in [-0.2, -0.15) is 0 Å². The Bertz CT molecular complexity index is 1060. The number of aliphatic hydroxyl groups excluding tert-OH is 1. The molecule has 1 aliphatic rings. The Labute approximate surface area is 238 Å². The van der Waals surface area contributed by atoms with Crippen molar-refractivity contribution in [3.8, 4) is 0 Å². The summed E-state index contributed by atoms with van der Waals surface area (Å²) in [4.78, 5) is 38.4. The van der Waals surface area contributed by atoms with Gasteiger partial charge in [-0.25, -0.2) is 0 Å². The van der Waals surface area contributed by atoms with Gasteiger partial charge in [0, 0.05) is 32.1 Å². The van der Waals surface area contributed by atoms with E-state index in [0.717, 1.165) is 17.5 Å². The van der Waals surface area contributed by atoms with E-state index in [9.17, 15) is 19.5 Å². The van der Waals surface area contributed by atoms with Crippen molar-refractivity contribution in [1.29, 1.82) is 0 Å². The fourth-order valence-corrected chi connectivity index (χ4v) is 5.17. The highest BCUT2D eigenvalue weighted by Gasteiger charge is 2.31. The van der Waals surface area contributed by atoms with Crippen LogP contribution in [0.5, 0.6) is 0 Å². The SMILES string of the molecule is CC[C@@H](C)[C@H](NC(C)=O)C(=O)N[C@@H](Cc1ccccc1)C[C@H](O)[C@H](Cc1ccccc1)NC(=O)C1CCOCC1. The number of nitrogens with one attached hydrogen (secondary N) is 3. The Balaban J connectivity index is 1.80. The molecule has 5 atom stereocenters. The lowest BCUT2D eigenvalue weighted by Gasteiger charge is -2.31. The first-order valence-corrected chi connectivity index (χ1v) is 14.5. The van der Waals surface area contributed by atoms with Crippen LogP contribution in [0.1, 0.15) is 57.6 Å². The number of ether oxygens (including phenoxy) is 1. The molecular formula is C32H45N3O5. The molecule has 2 aromatic carbocycles. The van der Waals surface area contributed by atoms with Gasteiger partial charge in [0.15, 0.2) is 0 Å². The molecule has 1 aliphatic heterocycles. The third-order valence-corrected chi connectivity index (χ3v) is 7.73. The number of carbonyl (C=O) groups excluding carboxylic acids is 3. The zero-order chi connectivity index (χ0) is 28.9. The summed E-state index contributed by atoms with van der Waals surface area (Å²) in [6.07, 6.45) is 2.33. The van der Waals surface area contributed by atoms with E-state index in [0.29, 0.717) is 38.9 Å². The van der Waals surface area contributed by atoms with Crippen LogP contribution >= 0.6 is 0 Å². The van der Waals surface area contributed by atoms with Gasteiger partial charge < -0.3 is 25.8 Å². The summed E-state index contributed by atoms with van der Waals surface area (Å²) < 4.78 is 5.42. The van der Waals surface area contributed by atoms with E-state index in [1.54, 1.807) is 0 Å². The van der Waals surface area contributed by atoms with E-state index >= 15 is 0 Å². The van der Waals surface area contributed by atoms with Gasteiger partial charge in [-0.1, -0.05) is 80.9 Å². The first-order chi connectivity index (χ1) is 19.3. The molecule has 4 N–H and O–H groups in total. The minimum atomic E-state index is -0.916. The maximum Gasteiger partial charge on any atom is 0.243 e. The summed E-state index contributed by atoms with van der Waals surface area (Å²) in [5.74, 6) is -0.819. The van der Waals surface area contributed by atoms with Crippen molar-refractivity contribution in [2.45, 2.75) is 83.5 Å². The van der Waals surface area contributed by atoms with Crippen LogP contribution in [0.25, 0.3) is 0 Å². The van der Waals surface area contributed by atoms with E-state index in [1.165, 1.54) is 6.92 Å². The summed E-state index contributed by atoms with van der Waals surface area (Å²) >= 11 is 0. The molecule has 0 radical (unpaired) electrons. The summed E-state index contributed by atoms with van der Waals surface area (Å²) in [6, 6.07) is 17.9. The molecule has 0 saturated carbocycles. The fourth-order valence-electron chi connectivity index (χ4n) is 5.17. The van der Waals surface area contributed by atoms with Crippen LogP contribution in [0.3, 0.4) is 0 Å². The maximum atomic E-state index is 13.4. The number of carbonyl (C=O) groups is 3. The van der Waals surface area contributed by atoms with Crippen LogP contribution in [-0.2, 0) is 32.0 Å². The highest BCUT2D eigenvalue weighted by atomic mass is 16.5. The van der Waals surface area contributed by atoms with Gasteiger partial charge in [0.1, 0.15) is 6.04 Å². The fraction of sp³-hybridized carbons (Fsp3) is 0.531. The topological polar surface area (TPSA) is 117 Å². The number of rotatable bonds is 14. The zero-order valence-electron chi connectivity index (χ0n) is 24.0. The molecule has 8 nitrogen and oxygen atoms in total. The lowest BCUT2D eigenvalue weighted by molar-refractivity contribution is -0.130. The molecule has 1 fully saturated rings. The van der Waals surface area contributed by atoms with Crippen molar-refractivity contribution >= 4 is 17.7 Å². The van der Waals surface area contributed by atoms with Gasteiger partial charge in [-0.3, -0.25) is 14.4 Å². The number of hydrogen-bond donors (Lipinski definition) is 4. The highest BCUT2D eigenvalue weighted by Crippen LogP contribution is 2.19. The third kappa shape index (κ3) is 10.1. The van der Waals surface area contributed by atoms with Crippen LogP contribution in [0.4, 0.5) is 0 Å². The second kappa shape index (κ2) is 16.1. The van der Waals surface area contributed by atoms with Gasteiger partial charge in [0.05, 0.1) is 12.1 Å². The van der Waals surface area contributed by atoms with Gasteiger partial charge >= 0.3 is 0 Å². The molecule has 0 spiro atoms. The molecule has 1 heterocycles. The summed E-state index contributed by atoms with van der Waals surface area (Å²) in [5, 5.41) is 20.6. The van der Waals surface area contributed by atoms with Crippen LogP contribution in [0, 0.1) is 11.8 Å². The van der Waals surface area contributed by atoms with E-state index in [4.69, 9.17) is 4.74 Å². The van der Waals surface area contributed by atoms with Gasteiger partial charge in [-0.05, 0) is 49.1 Å². The average Bonchev–Trinajstić information content (AvgIpc) is 2.96. The first-order valence-electron chi connectivity index (χ1n) is 14.5. The summed E-state index contributed by atoms with van der Waals surface area (Å²) in [7, 11) is 0. The van der Waals surface area contributed by atoms with Gasteiger partial charge in [-0.15, -0.1) is 0 Å². The quantitative estimate of drug-likeness (QED) is 0.288. The van der Waals surface area contributed by atoms with Gasteiger partial charge in [0.2, 0.25) is 17.7 Å². The zero-order valence-corrected chi connectivity index (χ0v) is 24.0. The van der Waals surface area contributed by atoms with Crippen LogP contribution < -0.4 is 16.0 Å². The minimum absolute atomic E-state index is 0.0595. The van der Waals surface area contributed by atoms with Crippen LogP contribution in [0.15, 0.2) is 60.7 Å². The maximum absolute atomic E-state index is 13.4. The largest absolute Gasteiger partial charge is 0.391 e. The predicted molar refractivity (Wildman–Crippen MR) is 155 cm³/mol. The van der Waals surface area contributed by atoms with Crippen molar-refractivity contribution in [3.63, 3.8) is 0 Å². The van der Waals surface area contributed by atoms with E-state index in [1.807, 2.05) is 74.5 Å². The molecule has 3 amide bonds. The normalized spacial score (nSPS) is 17.6. The molecule has 2 aromatic rings. The Morgan fingerprint density at radius 1 is 0.900 bits per heavy atom. The lowest BCUT2D eigenvalue weighted by atomic mass is 9.91. The molecule has 218 valence electrons. The lowest BCUT2D eigenvalue weighted by Crippen LogP contribution is -2.54. The van der Waals surface area contributed by atoms with E-state index in [-0.39, 0.29) is 36.0 Å². The Morgan fingerprint density at radius 3 is 2.02 bits per heavy atom. The number of amides is 3. The molecule has 8 heteroatoms. The molecule has 0 aromatic heterocycles. The molecule has 40 heavy (non-hydrogen) atoms. The molecule has 0 aliphatic carbocycles. The standard InChI is InChI=1S/C32H45N3O5/c1-4-22(2)30(33-23(3)36)32(39)34-27(19-24-11-7-5-8-12-24)21-29(37)28(20-25-13-9-6-10-14-25)35-31(38)26-15-17-40-18-16-26/h5-14,22,26-30,37H,4,15-21H2,1-3H3,(H,33,36)(H,34,39)(H,35,38)/t22-,27+,28+,29+,30+/m1/s1. The van der Waals surface area contributed by atoms with E-state index in [2.05, 4.69) is 16.0 Å². The second-order valence-corrected chi connectivity index (χ2v) is 11.0. The molecule has 3 rings (SSSR count). The van der Waals surface area contributed by atoms with Crippen molar-refractivity contribution in [1.82, 2.24) is 16.0 Å². The smallest absolute Gasteiger partial charge is 0.243 e. The summed E-state index contributed by atoms with van der Waals surface area (Å²) in [6.45, 7) is 6.43.